The summed E-state index contributed by atoms with van der Waals surface area (Å²) in [5.41, 5.74) is 9.48. The molecule has 1 aliphatic rings. The van der Waals surface area contributed by atoms with Crippen molar-refractivity contribution >= 4 is 28.8 Å². The van der Waals surface area contributed by atoms with Gasteiger partial charge in [-0.2, -0.15) is 4.98 Å². The lowest BCUT2D eigenvalue weighted by molar-refractivity contribution is -0.143. The molecule has 2 aromatic heterocycles. The second-order valence-corrected chi connectivity index (χ2v) is 9.24. The maximum atomic E-state index is 12.4. The number of morpholine rings is 1. The Morgan fingerprint density at radius 1 is 1.19 bits per heavy atom. The summed E-state index contributed by atoms with van der Waals surface area (Å²) in [5, 5.41) is 3.43. The zero-order chi connectivity index (χ0) is 26.0. The highest BCUT2D eigenvalue weighted by atomic mass is 16.5. The molecule has 3 heterocycles. The van der Waals surface area contributed by atoms with Gasteiger partial charge < -0.3 is 29.8 Å². The fourth-order valence-corrected chi connectivity index (χ4v) is 4.51. The van der Waals surface area contributed by atoms with Crippen LogP contribution in [0.2, 0.25) is 0 Å². The number of hydrogen-bond acceptors (Lipinski definition) is 9. The summed E-state index contributed by atoms with van der Waals surface area (Å²) in [6.07, 6.45) is 5.55. The molecule has 0 atom stereocenters. The van der Waals surface area contributed by atoms with Crippen LogP contribution in [0, 0.1) is 0 Å². The Balaban J connectivity index is 1.41. The van der Waals surface area contributed by atoms with Gasteiger partial charge in [0.15, 0.2) is 5.82 Å². The fourth-order valence-electron chi connectivity index (χ4n) is 4.51. The molecule has 200 valence electrons. The van der Waals surface area contributed by atoms with Gasteiger partial charge in [-0.25, -0.2) is 4.98 Å². The molecule has 0 bridgehead atoms. The number of nitrogens with zero attached hydrogens (tertiary/aromatic N) is 4. The average molecular weight is 511 g/mol. The van der Waals surface area contributed by atoms with E-state index in [1.54, 1.807) is 7.11 Å². The van der Waals surface area contributed by atoms with Crippen LogP contribution in [0.3, 0.4) is 0 Å². The maximum absolute atomic E-state index is 12.4. The van der Waals surface area contributed by atoms with E-state index in [1.807, 2.05) is 30.5 Å². The number of carbonyl (C=O) groups excluding carboxylic acids is 1. The lowest BCUT2D eigenvalue weighted by atomic mass is 10.1. The SMILES string of the molecule is CCCCCNc1nc(N)nc2ccn(Cc3ccc(CC(=O)OCCN4CCOCC4)cc3OC)c12. The molecule has 0 spiro atoms. The Hall–Kier alpha value is -3.37. The number of ether oxygens (including phenoxy) is 3. The first-order valence-corrected chi connectivity index (χ1v) is 13.0. The first-order chi connectivity index (χ1) is 18.1. The maximum Gasteiger partial charge on any atom is 0.310 e. The Morgan fingerprint density at radius 2 is 2.03 bits per heavy atom. The van der Waals surface area contributed by atoms with Crippen molar-refractivity contribution in [1.29, 1.82) is 0 Å². The number of anilines is 2. The van der Waals surface area contributed by atoms with Gasteiger partial charge in [0.1, 0.15) is 17.9 Å². The lowest BCUT2D eigenvalue weighted by Gasteiger charge is -2.26. The Bertz CT molecular complexity index is 1180. The van der Waals surface area contributed by atoms with E-state index in [1.165, 1.54) is 0 Å². The summed E-state index contributed by atoms with van der Waals surface area (Å²) in [5.74, 6) is 1.46. The van der Waals surface area contributed by atoms with Crippen LogP contribution < -0.4 is 15.8 Å². The van der Waals surface area contributed by atoms with Gasteiger partial charge in [-0.3, -0.25) is 9.69 Å². The normalized spacial score (nSPS) is 14.1. The van der Waals surface area contributed by atoms with Crippen molar-refractivity contribution < 1.29 is 19.0 Å². The highest BCUT2D eigenvalue weighted by molar-refractivity contribution is 5.87. The monoisotopic (exact) mass is 510 g/mol. The number of esters is 1. The number of hydrogen-bond donors (Lipinski definition) is 2. The van der Waals surface area contributed by atoms with Crippen molar-refractivity contribution in [2.24, 2.45) is 0 Å². The third-order valence-electron chi connectivity index (χ3n) is 6.52. The zero-order valence-electron chi connectivity index (χ0n) is 21.9. The number of carbonyl (C=O) groups is 1. The second kappa shape index (κ2) is 13.3. The van der Waals surface area contributed by atoms with Crippen LogP contribution in [-0.2, 0) is 27.2 Å². The van der Waals surface area contributed by atoms with Crippen LogP contribution in [0.25, 0.3) is 11.0 Å². The number of aromatic nitrogens is 3. The van der Waals surface area contributed by atoms with E-state index >= 15 is 0 Å². The number of methoxy groups -OCH3 is 1. The minimum Gasteiger partial charge on any atom is -0.496 e. The van der Waals surface area contributed by atoms with E-state index in [4.69, 9.17) is 19.9 Å². The molecule has 4 rings (SSSR count). The van der Waals surface area contributed by atoms with Gasteiger partial charge in [-0.15, -0.1) is 0 Å². The number of rotatable bonds is 13. The molecule has 1 aliphatic heterocycles. The number of unbranched alkanes of at least 4 members (excludes halogenated alkanes) is 2. The molecule has 1 fully saturated rings. The summed E-state index contributed by atoms with van der Waals surface area (Å²) < 4.78 is 18.6. The summed E-state index contributed by atoms with van der Waals surface area (Å²) in [7, 11) is 1.64. The molecule has 0 unspecified atom stereocenters. The van der Waals surface area contributed by atoms with Crippen LogP contribution in [0.5, 0.6) is 5.75 Å². The Morgan fingerprint density at radius 3 is 2.81 bits per heavy atom. The molecule has 3 aromatic rings. The molecule has 0 amide bonds. The van der Waals surface area contributed by atoms with Crippen LogP contribution in [0.1, 0.15) is 37.3 Å². The van der Waals surface area contributed by atoms with Gasteiger partial charge in [-0.1, -0.05) is 31.9 Å². The quantitative estimate of drug-likeness (QED) is 0.264. The summed E-state index contributed by atoms with van der Waals surface area (Å²) in [4.78, 5) is 23.5. The molecule has 1 aromatic carbocycles. The largest absolute Gasteiger partial charge is 0.496 e. The van der Waals surface area contributed by atoms with E-state index in [0.29, 0.717) is 18.9 Å². The molecule has 0 radical (unpaired) electrons. The van der Waals surface area contributed by atoms with Crippen LogP contribution in [0.4, 0.5) is 11.8 Å². The highest BCUT2D eigenvalue weighted by Crippen LogP contribution is 2.27. The molecule has 0 aliphatic carbocycles. The van der Waals surface area contributed by atoms with Gasteiger partial charge in [0, 0.05) is 37.9 Å². The minimum atomic E-state index is -0.243. The van der Waals surface area contributed by atoms with Gasteiger partial charge >= 0.3 is 5.97 Å². The third kappa shape index (κ3) is 7.33. The first-order valence-electron chi connectivity index (χ1n) is 13.0. The van der Waals surface area contributed by atoms with E-state index < -0.39 is 0 Å². The van der Waals surface area contributed by atoms with E-state index in [9.17, 15) is 4.79 Å². The molecule has 37 heavy (non-hydrogen) atoms. The molecule has 1 saturated heterocycles. The number of fused-ring (bicyclic) bond motifs is 1. The van der Waals surface area contributed by atoms with Crippen molar-refractivity contribution in [2.45, 2.75) is 39.2 Å². The standard InChI is InChI=1S/C27H38N6O4/c1-3-4-5-9-29-26-25-22(30-27(28)31-26)8-10-33(25)19-21-7-6-20(17-23(21)35-2)18-24(34)37-16-13-32-11-14-36-15-12-32/h6-8,10,17H,3-5,9,11-16,18-19H2,1-2H3,(H3,28,29,30,31). The molecule has 10 nitrogen and oxygen atoms in total. The van der Waals surface area contributed by atoms with E-state index in [0.717, 1.165) is 86.6 Å². The topological polar surface area (TPSA) is 117 Å². The van der Waals surface area contributed by atoms with Crippen molar-refractivity contribution in [3.63, 3.8) is 0 Å². The minimum absolute atomic E-state index is 0.200. The van der Waals surface area contributed by atoms with Crippen LogP contribution in [0.15, 0.2) is 30.5 Å². The predicted octanol–water partition coefficient (Wildman–Crippen LogP) is 3.09. The third-order valence-corrected chi connectivity index (χ3v) is 6.52. The summed E-state index contributed by atoms with van der Waals surface area (Å²) in [6.45, 7) is 7.90. The number of nitrogens with one attached hydrogen (secondary N) is 1. The molecular formula is C27H38N6O4. The van der Waals surface area contributed by atoms with Gasteiger partial charge in [0.05, 0.1) is 38.8 Å². The van der Waals surface area contributed by atoms with Crippen molar-refractivity contribution in [2.75, 3.05) is 64.2 Å². The number of nitrogen functional groups attached to an aromatic ring is 1. The molecular weight excluding hydrogens is 472 g/mol. The summed E-state index contributed by atoms with van der Waals surface area (Å²) in [6, 6.07) is 7.79. The highest BCUT2D eigenvalue weighted by Gasteiger charge is 2.15. The molecule has 3 N–H and O–H groups in total. The fraction of sp³-hybridized carbons (Fsp3) is 0.519. The van der Waals surface area contributed by atoms with Crippen molar-refractivity contribution in [3.05, 3.63) is 41.6 Å². The van der Waals surface area contributed by atoms with Crippen LogP contribution in [-0.4, -0.2) is 78.5 Å². The van der Waals surface area contributed by atoms with E-state index in [2.05, 4.69) is 31.7 Å². The predicted molar refractivity (Wildman–Crippen MR) is 144 cm³/mol. The molecule has 10 heteroatoms. The first kappa shape index (κ1) is 26.7. The number of benzene rings is 1. The second-order valence-electron chi connectivity index (χ2n) is 9.24. The Kier molecular flexibility index (Phi) is 9.56. The van der Waals surface area contributed by atoms with Gasteiger partial charge in [0.25, 0.3) is 0 Å². The lowest BCUT2D eigenvalue weighted by Crippen LogP contribution is -2.38. The van der Waals surface area contributed by atoms with E-state index in [-0.39, 0.29) is 18.3 Å². The van der Waals surface area contributed by atoms with Crippen molar-refractivity contribution in [3.8, 4) is 5.75 Å². The summed E-state index contributed by atoms with van der Waals surface area (Å²) >= 11 is 0. The van der Waals surface area contributed by atoms with Crippen LogP contribution >= 0.6 is 0 Å². The number of nitrogens with two attached hydrogens (primary N) is 1. The average Bonchev–Trinajstić information content (AvgIpc) is 3.30. The Labute approximate surface area is 218 Å². The van der Waals surface area contributed by atoms with Gasteiger partial charge in [0.2, 0.25) is 5.95 Å². The van der Waals surface area contributed by atoms with Gasteiger partial charge in [-0.05, 0) is 24.1 Å². The smallest absolute Gasteiger partial charge is 0.310 e. The van der Waals surface area contributed by atoms with Crippen molar-refractivity contribution in [1.82, 2.24) is 19.4 Å². The zero-order valence-corrected chi connectivity index (χ0v) is 21.9. The molecule has 0 saturated carbocycles.